The van der Waals surface area contributed by atoms with E-state index in [9.17, 15) is 9.59 Å². The van der Waals surface area contributed by atoms with Crippen LogP contribution in [0.3, 0.4) is 0 Å². The third kappa shape index (κ3) is 3.28. The zero-order valence-electron chi connectivity index (χ0n) is 16.1. The molecule has 148 valence electrons. The number of aromatic nitrogens is 3. The van der Waals surface area contributed by atoms with Crippen molar-refractivity contribution >= 4 is 11.9 Å². The standard InChI is InChI=1S/C19H24N6O3/c1-23-18(27)20-13-19(23)7-9-24(10-8-19)17(26)12-25-11-16(21-22-25)14-3-5-15(28-2)6-4-14/h3-6,11H,7-10,12-13H2,1-2H3,(H,20,27). The largest absolute Gasteiger partial charge is 0.497 e. The second-order valence-corrected chi connectivity index (χ2v) is 7.35. The summed E-state index contributed by atoms with van der Waals surface area (Å²) >= 11 is 0. The van der Waals surface area contributed by atoms with Crippen molar-refractivity contribution in [3.63, 3.8) is 0 Å². The van der Waals surface area contributed by atoms with Crippen molar-refractivity contribution in [3.05, 3.63) is 30.5 Å². The van der Waals surface area contributed by atoms with E-state index in [4.69, 9.17) is 4.74 Å². The van der Waals surface area contributed by atoms with Gasteiger partial charge in [0, 0.05) is 32.2 Å². The molecule has 28 heavy (non-hydrogen) atoms. The first-order valence-electron chi connectivity index (χ1n) is 9.35. The minimum absolute atomic E-state index is 0.0148. The molecule has 0 aliphatic carbocycles. The molecule has 0 unspecified atom stereocenters. The summed E-state index contributed by atoms with van der Waals surface area (Å²) in [6.07, 6.45) is 3.34. The maximum Gasteiger partial charge on any atom is 0.317 e. The lowest BCUT2D eigenvalue weighted by Crippen LogP contribution is -2.54. The number of likely N-dealkylation sites (tertiary alicyclic amines) is 1. The smallest absolute Gasteiger partial charge is 0.317 e. The number of urea groups is 1. The Hall–Kier alpha value is -3.10. The second-order valence-electron chi connectivity index (χ2n) is 7.35. The van der Waals surface area contributed by atoms with Gasteiger partial charge in [-0.1, -0.05) is 5.21 Å². The molecule has 0 radical (unpaired) electrons. The van der Waals surface area contributed by atoms with Crippen LogP contribution in [0.25, 0.3) is 11.3 Å². The van der Waals surface area contributed by atoms with Crippen molar-refractivity contribution in [1.82, 2.24) is 30.1 Å². The first kappa shape index (κ1) is 18.3. The van der Waals surface area contributed by atoms with E-state index in [0.717, 1.165) is 24.2 Å². The van der Waals surface area contributed by atoms with Gasteiger partial charge < -0.3 is 19.9 Å². The molecule has 9 heteroatoms. The van der Waals surface area contributed by atoms with Gasteiger partial charge in [0.15, 0.2) is 0 Å². The lowest BCUT2D eigenvalue weighted by Gasteiger charge is -2.42. The lowest BCUT2D eigenvalue weighted by atomic mass is 9.87. The van der Waals surface area contributed by atoms with E-state index in [1.54, 1.807) is 22.9 Å². The van der Waals surface area contributed by atoms with Gasteiger partial charge in [0.25, 0.3) is 0 Å². The minimum atomic E-state index is -0.164. The zero-order chi connectivity index (χ0) is 19.7. The molecule has 3 heterocycles. The number of rotatable bonds is 4. The van der Waals surface area contributed by atoms with Crippen LogP contribution in [0.2, 0.25) is 0 Å². The summed E-state index contributed by atoms with van der Waals surface area (Å²) in [5.74, 6) is 0.792. The van der Waals surface area contributed by atoms with Gasteiger partial charge in [-0.3, -0.25) is 4.79 Å². The Kier molecular flexibility index (Phi) is 4.66. The summed E-state index contributed by atoms with van der Waals surface area (Å²) in [5, 5.41) is 11.1. The van der Waals surface area contributed by atoms with Crippen LogP contribution in [0.15, 0.2) is 30.5 Å². The van der Waals surface area contributed by atoms with Crippen molar-refractivity contribution in [2.45, 2.75) is 24.9 Å². The monoisotopic (exact) mass is 384 g/mol. The molecule has 4 rings (SSSR count). The summed E-state index contributed by atoms with van der Waals surface area (Å²) < 4.78 is 6.73. The van der Waals surface area contributed by atoms with E-state index >= 15 is 0 Å². The maximum absolute atomic E-state index is 12.7. The van der Waals surface area contributed by atoms with Crippen LogP contribution in [0.4, 0.5) is 4.79 Å². The van der Waals surface area contributed by atoms with Crippen LogP contribution in [0, 0.1) is 0 Å². The molecular weight excluding hydrogens is 360 g/mol. The fourth-order valence-electron chi connectivity index (χ4n) is 3.89. The third-order valence-corrected chi connectivity index (χ3v) is 5.85. The first-order valence-corrected chi connectivity index (χ1v) is 9.35. The second kappa shape index (κ2) is 7.14. The predicted molar refractivity (Wildman–Crippen MR) is 102 cm³/mol. The highest BCUT2D eigenvalue weighted by Crippen LogP contribution is 2.31. The quantitative estimate of drug-likeness (QED) is 0.848. The van der Waals surface area contributed by atoms with Crippen LogP contribution in [-0.4, -0.2) is 76.1 Å². The Bertz CT molecular complexity index is 870. The summed E-state index contributed by atoms with van der Waals surface area (Å²) in [4.78, 5) is 28.1. The highest BCUT2D eigenvalue weighted by Gasteiger charge is 2.45. The number of hydrogen-bond acceptors (Lipinski definition) is 5. The Morgan fingerprint density at radius 3 is 2.57 bits per heavy atom. The third-order valence-electron chi connectivity index (χ3n) is 5.85. The minimum Gasteiger partial charge on any atom is -0.497 e. The molecule has 3 amide bonds. The molecule has 2 saturated heterocycles. The van der Waals surface area contributed by atoms with Gasteiger partial charge in [0.2, 0.25) is 5.91 Å². The Morgan fingerprint density at radius 2 is 1.96 bits per heavy atom. The van der Waals surface area contributed by atoms with E-state index in [2.05, 4.69) is 15.6 Å². The number of amides is 3. The van der Waals surface area contributed by atoms with Crippen LogP contribution in [0.5, 0.6) is 5.75 Å². The van der Waals surface area contributed by atoms with Crippen molar-refractivity contribution in [3.8, 4) is 17.0 Å². The summed E-state index contributed by atoms with van der Waals surface area (Å²) in [6.45, 7) is 2.08. The van der Waals surface area contributed by atoms with E-state index in [1.165, 1.54) is 0 Å². The normalized spacial score (nSPS) is 18.4. The van der Waals surface area contributed by atoms with E-state index in [-0.39, 0.29) is 24.0 Å². The van der Waals surface area contributed by atoms with Crippen molar-refractivity contribution in [2.24, 2.45) is 0 Å². The number of nitrogens with one attached hydrogen (secondary N) is 1. The van der Waals surface area contributed by atoms with Gasteiger partial charge in [-0.15, -0.1) is 5.10 Å². The number of carbonyl (C=O) groups is 2. The number of hydrogen-bond donors (Lipinski definition) is 1. The number of piperidine rings is 1. The zero-order valence-corrected chi connectivity index (χ0v) is 16.1. The molecule has 0 saturated carbocycles. The van der Waals surface area contributed by atoms with Crippen molar-refractivity contribution < 1.29 is 14.3 Å². The van der Waals surface area contributed by atoms with Gasteiger partial charge in [-0.05, 0) is 37.1 Å². The fraction of sp³-hybridized carbons (Fsp3) is 0.474. The molecular formula is C19H24N6O3. The van der Waals surface area contributed by atoms with Gasteiger partial charge in [-0.25, -0.2) is 9.48 Å². The molecule has 0 bridgehead atoms. The molecule has 2 aliphatic rings. The molecule has 2 aliphatic heterocycles. The van der Waals surface area contributed by atoms with Crippen LogP contribution in [-0.2, 0) is 11.3 Å². The first-order chi connectivity index (χ1) is 13.5. The molecule has 2 fully saturated rings. The van der Waals surface area contributed by atoms with E-state index in [1.807, 2.05) is 36.2 Å². The van der Waals surface area contributed by atoms with Crippen LogP contribution >= 0.6 is 0 Å². The van der Waals surface area contributed by atoms with E-state index in [0.29, 0.717) is 25.3 Å². The number of benzene rings is 1. The van der Waals surface area contributed by atoms with E-state index < -0.39 is 0 Å². The topological polar surface area (TPSA) is 92.6 Å². The average molecular weight is 384 g/mol. The summed E-state index contributed by atoms with van der Waals surface area (Å²) in [5.41, 5.74) is 1.47. The molecule has 2 aromatic rings. The van der Waals surface area contributed by atoms with Gasteiger partial charge >= 0.3 is 6.03 Å². The molecule has 1 aromatic carbocycles. The number of carbonyl (C=O) groups excluding carboxylic acids is 2. The number of methoxy groups -OCH3 is 1. The van der Waals surface area contributed by atoms with Crippen LogP contribution in [0.1, 0.15) is 12.8 Å². The molecule has 1 aromatic heterocycles. The lowest BCUT2D eigenvalue weighted by molar-refractivity contribution is -0.134. The average Bonchev–Trinajstić information content (AvgIpc) is 3.29. The highest BCUT2D eigenvalue weighted by atomic mass is 16.5. The fourth-order valence-corrected chi connectivity index (χ4v) is 3.89. The number of ether oxygens (including phenoxy) is 1. The molecule has 1 spiro atoms. The maximum atomic E-state index is 12.7. The summed E-state index contributed by atoms with van der Waals surface area (Å²) in [7, 11) is 3.45. The molecule has 0 atom stereocenters. The Morgan fingerprint density at radius 1 is 1.25 bits per heavy atom. The number of likely N-dealkylation sites (N-methyl/N-ethyl adjacent to an activating group) is 1. The Balaban J connectivity index is 1.36. The molecule has 1 N–H and O–H groups in total. The Labute approximate surface area is 163 Å². The SMILES string of the molecule is COc1ccc(-c2cn(CC(=O)N3CCC4(CC3)CNC(=O)N4C)nn2)cc1. The summed E-state index contributed by atoms with van der Waals surface area (Å²) in [6, 6.07) is 7.51. The highest BCUT2D eigenvalue weighted by molar-refractivity contribution is 5.78. The van der Waals surface area contributed by atoms with Crippen molar-refractivity contribution in [2.75, 3.05) is 33.8 Å². The predicted octanol–water partition coefficient (Wildman–Crippen LogP) is 0.970. The van der Waals surface area contributed by atoms with Gasteiger partial charge in [-0.2, -0.15) is 0 Å². The van der Waals surface area contributed by atoms with Gasteiger partial charge in [0.05, 0.1) is 18.8 Å². The van der Waals surface area contributed by atoms with Crippen LogP contribution < -0.4 is 10.1 Å². The van der Waals surface area contributed by atoms with Crippen molar-refractivity contribution in [1.29, 1.82) is 0 Å². The van der Waals surface area contributed by atoms with Gasteiger partial charge in [0.1, 0.15) is 18.0 Å². The number of nitrogens with zero attached hydrogens (tertiary/aromatic N) is 5. The molecule has 9 nitrogen and oxygen atoms in total.